The zero-order valence-corrected chi connectivity index (χ0v) is 13.9. The average Bonchev–Trinajstić information content (AvgIpc) is 3.00. The summed E-state index contributed by atoms with van der Waals surface area (Å²) in [7, 11) is -3.60. The molecule has 0 spiro atoms. The SMILES string of the molecule is CCNCc1n[nH]c(C)c1S(=O)(=O)NCc1cnc(C)s1. The minimum absolute atomic E-state index is 0.227. The first kappa shape index (κ1) is 16.1. The van der Waals surface area contributed by atoms with Gasteiger partial charge in [0.05, 0.1) is 16.4 Å². The molecule has 0 aliphatic heterocycles. The van der Waals surface area contributed by atoms with Crippen molar-refractivity contribution in [3.8, 4) is 0 Å². The maximum Gasteiger partial charge on any atom is 0.244 e. The summed E-state index contributed by atoms with van der Waals surface area (Å²) < 4.78 is 27.5. The van der Waals surface area contributed by atoms with Crippen LogP contribution in [0.5, 0.6) is 0 Å². The van der Waals surface area contributed by atoms with Crippen LogP contribution in [0, 0.1) is 13.8 Å². The van der Waals surface area contributed by atoms with Gasteiger partial charge in [0.15, 0.2) is 0 Å². The normalized spacial score (nSPS) is 12.0. The second-order valence-electron chi connectivity index (χ2n) is 4.57. The van der Waals surface area contributed by atoms with Crippen LogP contribution in [0.15, 0.2) is 11.1 Å². The van der Waals surface area contributed by atoms with Crippen molar-refractivity contribution in [2.75, 3.05) is 6.54 Å². The van der Waals surface area contributed by atoms with E-state index in [1.165, 1.54) is 11.3 Å². The molecule has 21 heavy (non-hydrogen) atoms. The fourth-order valence-electron chi connectivity index (χ4n) is 1.91. The first-order valence-corrected chi connectivity index (χ1v) is 8.89. The monoisotopic (exact) mass is 329 g/mol. The van der Waals surface area contributed by atoms with Crippen molar-refractivity contribution in [1.29, 1.82) is 0 Å². The number of H-pyrrole nitrogens is 1. The van der Waals surface area contributed by atoms with Crippen LogP contribution in [0.4, 0.5) is 0 Å². The smallest absolute Gasteiger partial charge is 0.244 e. The molecule has 0 saturated carbocycles. The highest BCUT2D eigenvalue weighted by atomic mass is 32.2. The van der Waals surface area contributed by atoms with Crippen molar-refractivity contribution in [3.05, 3.63) is 27.5 Å². The Bertz CT molecular complexity index is 705. The average molecular weight is 329 g/mol. The van der Waals surface area contributed by atoms with E-state index >= 15 is 0 Å². The van der Waals surface area contributed by atoms with Crippen molar-refractivity contribution in [1.82, 2.24) is 25.2 Å². The molecule has 2 heterocycles. The van der Waals surface area contributed by atoms with Crippen molar-refractivity contribution in [3.63, 3.8) is 0 Å². The molecule has 2 aromatic rings. The van der Waals surface area contributed by atoms with Gasteiger partial charge in [-0.1, -0.05) is 6.92 Å². The van der Waals surface area contributed by atoms with Crippen molar-refractivity contribution in [2.24, 2.45) is 0 Å². The topological polar surface area (TPSA) is 99.8 Å². The summed E-state index contributed by atoms with van der Waals surface area (Å²) in [6, 6.07) is 0. The number of thiazole rings is 1. The van der Waals surface area contributed by atoms with Gasteiger partial charge >= 0.3 is 0 Å². The zero-order chi connectivity index (χ0) is 15.5. The summed E-state index contributed by atoms with van der Waals surface area (Å²) in [4.78, 5) is 5.22. The Morgan fingerprint density at radius 2 is 2.10 bits per heavy atom. The second-order valence-corrected chi connectivity index (χ2v) is 7.60. The first-order valence-electron chi connectivity index (χ1n) is 6.59. The van der Waals surface area contributed by atoms with Crippen LogP contribution in [-0.4, -0.2) is 30.1 Å². The van der Waals surface area contributed by atoms with Crippen molar-refractivity contribution in [2.45, 2.75) is 38.8 Å². The Kier molecular flexibility index (Phi) is 5.09. The van der Waals surface area contributed by atoms with Gasteiger partial charge in [-0.05, 0) is 20.4 Å². The quantitative estimate of drug-likeness (QED) is 0.705. The molecule has 0 radical (unpaired) electrons. The molecule has 0 fully saturated rings. The highest BCUT2D eigenvalue weighted by molar-refractivity contribution is 7.89. The van der Waals surface area contributed by atoms with E-state index < -0.39 is 10.0 Å². The lowest BCUT2D eigenvalue weighted by Crippen LogP contribution is -2.25. The molecule has 0 atom stereocenters. The Balaban J connectivity index is 2.17. The highest BCUT2D eigenvalue weighted by Gasteiger charge is 2.23. The molecular formula is C12H19N5O2S2. The van der Waals surface area contributed by atoms with Gasteiger partial charge in [-0.15, -0.1) is 11.3 Å². The molecule has 7 nitrogen and oxygen atoms in total. The number of rotatable bonds is 7. The third kappa shape index (κ3) is 3.88. The number of aromatic nitrogens is 3. The van der Waals surface area contributed by atoms with E-state index in [1.54, 1.807) is 13.1 Å². The molecule has 2 rings (SSSR count). The van der Waals surface area contributed by atoms with E-state index in [0.29, 0.717) is 17.9 Å². The highest BCUT2D eigenvalue weighted by Crippen LogP contribution is 2.18. The number of aryl methyl sites for hydroxylation is 2. The summed E-state index contributed by atoms with van der Waals surface area (Å²) in [6.45, 7) is 6.94. The van der Waals surface area contributed by atoms with Crippen LogP contribution in [0.3, 0.4) is 0 Å². The van der Waals surface area contributed by atoms with Crippen molar-refractivity contribution < 1.29 is 8.42 Å². The van der Waals surface area contributed by atoms with E-state index in [0.717, 1.165) is 16.4 Å². The third-order valence-electron chi connectivity index (χ3n) is 2.88. The van der Waals surface area contributed by atoms with Gasteiger partial charge in [-0.2, -0.15) is 5.10 Å². The van der Waals surface area contributed by atoms with E-state index in [1.807, 2.05) is 13.8 Å². The molecule has 2 aromatic heterocycles. The first-order chi connectivity index (χ1) is 9.94. The second kappa shape index (κ2) is 6.65. The summed E-state index contributed by atoms with van der Waals surface area (Å²) in [5.74, 6) is 0. The summed E-state index contributed by atoms with van der Waals surface area (Å²) in [5.41, 5.74) is 1.04. The molecular weight excluding hydrogens is 310 g/mol. The predicted molar refractivity (Wildman–Crippen MR) is 81.6 cm³/mol. The molecule has 0 aliphatic rings. The third-order valence-corrected chi connectivity index (χ3v) is 5.39. The largest absolute Gasteiger partial charge is 0.311 e. The fraction of sp³-hybridized carbons (Fsp3) is 0.500. The molecule has 0 saturated heterocycles. The Hall–Kier alpha value is -1.29. The number of hydrogen-bond acceptors (Lipinski definition) is 6. The summed E-state index contributed by atoms with van der Waals surface area (Å²) in [6.07, 6.45) is 1.68. The lowest BCUT2D eigenvalue weighted by atomic mass is 10.3. The lowest BCUT2D eigenvalue weighted by Gasteiger charge is -2.07. The molecule has 0 amide bonds. The molecule has 0 unspecified atom stereocenters. The van der Waals surface area contributed by atoms with Crippen LogP contribution >= 0.6 is 11.3 Å². The van der Waals surface area contributed by atoms with Gasteiger partial charge in [0.2, 0.25) is 10.0 Å². The van der Waals surface area contributed by atoms with Gasteiger partial charge in [-0.25, -0.2) is 18.1 Å². The molecule has 0 aromatic carbocycles. The van der Waals surface area contributed by atoms with Gasteiger partial charge in [-0.3, -0.25) is 5.10 Å². The van der Waals surface area contributed by atoms with E-state index in [4.69, 9.17) is 0 Å². The van der Waals surface area contributed by atoms with Crippen LogP contribution in [0.2, 0.25) is 0 Å². The molecule has 0 bridgehead atoms. The predicted octanol–water partition coefficient (Wildman–Crippen LogP) is 1.07. The number of aromatic amines is 1. The number of nitrogens with zero attached hydrogens (tertiary/aromatic N) is 2. The van der Waals surface area contributed by atoms with Gasteiger partial charge in [0, 0.05) is 24.2 Å². The van der Waals surface area contributed by atoms with Gasteiger partial charge < -0.3 is 5.32 Å². The number of nitrogens with one attached hydrogen (secondary N) is 3. The van der Waals surface area contributed by atoms with E-state index in [9.17, 15) is 8.42 Å². The summed E-state index contributed by atoms with van der Waals surface area (Å²) >= 11 is 1.47. The number of sulfonamides is 1. The Morgan fingerprint density at radius 1 is 1.33 bits per heavy atom. The summed E-state index contributed by atoms with van der Waals surface area (Å²) in [5, 5.41) is 10.8. The van der Waals surface area contributed by atoms with Gasteiger partial charge in [0.25, 0.3) is 0 Å². The maximum atomic E-state index is 12.5. The van der Waals surface area contributed by atoms with Crippen LogP contribution in [0.25, 0.3) is 0 Å². The van der Waals surface area contributed by atoms with Crippen LogP contribution < -0.4 is 10.0 Å². The van der Waals surface area contributed by atoms with Gasteiger partial charge in [0.1, 0.15) is 4.90 Å². The van der Waals surface area contributed by atoms with E-state index in [2.05, 4.69) is 25.2 Å². The maximum absolute atomic E-state index is 12.5. The Morgan fingerprint density at radius 3 is 2.71 bits per heavy atom. The molecule has 0 aliphatic carbocycles. The molecule has 9 heteroatoms. The molecule has 3 N–H and O–H groups in total. The van der Waals surface area contributed by atoms with E-state index in [-0.39, 0.29) is 11.4 Å². The van der Waals surface area contributed by atoms with Crippen molar-refractivity contribution >= 4 is 21.4 Å². The standard InChI is InChI=1S/C12H19N5O2S2/c1-4-13-7-11-12(8(2)16-17-11)21(18,19)15-6-10-5-14-9(3)20-10/h5,13,15H,4,6-7H2,1-3H3,(H,16,17). The fourth-order valence-corrected chi connectivity index (χ4v) is 4.11. The Labute approximate surface area is 128 Å². The minimum atomic E-state index is -3.60. The number of hydrogen-bond donors (Lipinski definition) is 3. The molecule has 116 valence electrons. The van der Waals surface area contributed by atoms with Crippen LogP contribution in [0.1, 0.15) is 28.2 Å². The van der Waals surface area contributed by atoms with Crippen LogP contribution in [-0.2, 0) is 23.1 Å². The zero-order valence-electron chi connectivity index (χ0n) is 12.2. The minimum Gasteiger partial charge on any atom is -0.311 e. The lowest BCUT2D eigenvalue weighted by molar-refractivity contribution is 0.578.